The second-order valence-electron chi connectivity index (χ2n) is 23.3. The van der Waals surface area contributed by atoms with Crippen molar-refractivity contribution < 1.29 is 38.9 Å². The van der Waals surface area contributed by atoms with Crippen molar-refractivity contribution in [3.63, 3.8) is 0 Å². The maximum absolute atomic E-state index is 13.9. The number of anilines is 4. The molecule has 20 heteroatoms. The standard InChI is InChI=1S/C34H48N6O5.C29H38N6O3/c1-8-25(14-16-41)36-29-19-30(40-32(37-29)26(20-35-40)22(3)4)39(33(44)45-34(5,6)7)21-24-12-10-11-23(17-24)18-28(42)27-13-15-38(27)31(43)9-2;1-5-22(11-13-36)32-26-16-27(35-29(33-26)23(18-31-35)19(3)4)30-17-21-9-7-8-20(14-21)15-25(37)24-10-12-34(24)28(38)6-2/h9-12,19-20,22-23,25,27,41H,2,8,13-18,21H2,1,3-7H3,(H,36,37);6-9,14,16,18-19,22,24,30,36H,2,5,10-13,15,17H2,1,3-4H3,(H,32,33). The van der Waals surface area contributed by atoms with Gasteiger partial charge >= 0.3 is 6.09 Å². The lowest BCUT2D eigenvalue weighted by molar-refractivity contribution is -0.142. The Hall–Kier alpha value is -7.71. The minimum atomic E-state index is -0.739. The molecule has 5 N–H and O–H groups in total. The van der Waals surface area contributed by atoms with Gasteiger partial charge in [-0.1, -0.05) is 97.2 Å². The SMILES string of the molecule is C=CC(=O)N1CCC1C(=O)CC1C=CC=C(CN(C(=O)OC(C)(C)C)c2cc(NC(CC)CCO)nc3c(C(C)C)cnn23)C1.C=CC(=O)N1CCC1C(=O)Cc1cccc(CNc2cc(NC(CC)CCO)nc3c(C(C)C)cnn23)c1. The molecule has 5 unspecified atom stereocenters. The molecule has 0 bridgehead atoms. The van der Waals surface area contributed by atoms with E-state index in [1.165, 1.54) is 12.2 Å². The Bertz CT molecular complexity index is 3190. The van der Waals surface area contributed by atoms with Gasteiger partial charge in [-0.2, -0.15) is 19.2 Å². The topological polar surface area (TPSA) is 241 Å². The Kier molecular flexibility index (Phi) is 21.6. The van der Waals surface area contributed by atoms with Crippen molar-refractivity contribution in [2.45, 2.75) is 168 Å². The van der Waals surface area contributed by atoms with Crippen LogP contribution in [0.15, 0.2) is 97.9 Å². The lowest BCUT2D eigenvalue weighted by Crippen LogP contribution is -2.55. The number of fused-ring (bicyclic) bond motifs is 2. The van der Waals surface area contributed by atoms with Crippen LogP contribution in [0.4, 0.5) is 28.1 Å². The number of nitrogens with zero attached hydrogens (tertiary/aromatic N) is 9. The lowest BCUT2D eigenvalue weighted by atomic mass is 9.86. The highest BCUT2D eigenvalue weighted by molar-refractivity contribution is 5.96. The van der Waals surface area contributed by atoms with Crippen molar-refractivity contribution in [3.05, 3.63) is 120 Å². The zero-order valence-electron chi connectivity index (χ0n) is 49.9. The number of benzene rings is 1. The van der Waals surface area contributed by atoms with Gasteiger partial charge in [0.1, 0.15) is 28.9 Å². The van der Waals surface area contributed by atoms with Gasteiger partial charge in [-0.25, -0.2) is 14.8 Å². The first-order valence-corrected chi connectivity index (χ1v) is 29.3. The third-order valence-corrected chi connectivity index (χ3v) is 15.4. The Balaban J connectivity index is 0.000000242. The maximum atomic E-state index is 13.9. The van der Waals surface area contributed by atoms with Gasteiger partial charge in [0.2, 0.25) is 11.8 Å². The molecule has 5 aromatic rings. The molecule has 5 atom stereocenters. The lowest BCUT2D eigenvalue weighted by Gasteiger charge is -2.39. The number of rotatable bonds is 26. The fourth-order valence-electron chi connectivity index (χ4n) is 10.5. The van der Waals surface area contributed by atoms with E-state index in [9.17, 15) is 34.2 Å². The van der Waals surface area contributed by atoms with Crippen molar-refractivity contribution in [3.8, 4) is 0 Å². The number of ether oxygens (including phenoxy) is 1. The summed E-state index contributed by atoms with van der Waals surface area (Å²) in [5.41, 5.74) is 5.61. The van der Waals surface area contributed by atoms with Crippen LogP contribution < -0.4 is 20.9 Å². The van der Waals surface area contributed by atoms with E-state index in [0.29, 0.717) is 75.4 Å². The highest BCUT2D eigenvalue weighted by Gasteiger charge is 2.38. The zero-order valence-corrected chi connectivity index (χ0v) is 49.9. The number of ketones is 2. The van der Waals surface area contributed by atoms with Gasteiger partial charge in [-0.3, -0.25) is 24.1 Å². The molecule has 4 aromatic heterocycles. The summed E-state index contributed by atoms with van der Waals surface area (Å²) in [6.07, 6.45) is 17.0. The summed E-state index contributed by atoms with van der Waals surface area (Å²) in [6, 6.07) is 11.0. The number of allylic oxidation sites excluding steroid dienone is 3. The third kappa shape index (κ3) is 15.9. The van der Waals surface area contributed by atoms with Gasteiger partial charge in [0.05, 0.1) is 31.0 Å². The van der Waals surface area contributed by atoms with Crippen LogP contribution in [0.2, 0.25) is 0 Å². The first-order chi connectivity index (χ1) is 39.7. The summed E-state index contributed by atoms with van der Waals surface area (Å²) >= 11 is 0. The molecule has 83 heavy (non-hydrogen) atoms. The minimum Gasteiger partial charge on any atom is -0.443 e. The molecule has 446 valence electrons. The molecule has 3 amide bonds. The first-order valence-electron chi connectivity index (χ1n) is 29.3. The molecule has 2 aliphatic heterocycles. The highest BCUT2D eigenvalue weighted by atomic mass is 16.6. The number of carbonyl (C=O) groups is 5. The predicted molar refractivity (Wildman–Crippen MR) is 325 cm³/mol. The van der Waals surface area contributed by atoms with Crippen LogP contribution in [-0.4, -0.2) is 141 Å². The van der Waals surface area contributed by atoms with E-state index in [2.05, 4.69) is 73.9 Å². The number of aromatic nitrogens is 6. The molecule has 1 aliphatic carbocycles. The van der Waals surface area contributed by atoms with Gasteiger partial charge in [0, 0.05) is 81.0 Å². The van der Waals surface area contributed by atoms with Crippen LogP contribution in [0.5, 0.6) is 0 Å². The predicted octanol–water partition coefficient (Wildman–Crippen LogP) is 9.35. The number of hydrogen-bond acceptors (Lipinski definition) is 15. The number of aliphatic hydroxyl groups is 2. The number of amides is 3. The zero-order chi connectivity index (χ0) is 60.1. The van der Waals surface area contributed by atoms with Crippen LogP contribution in [-0.2, 0) is 36.9 Å². The van der Waals surface area contributed by atoms with Crippen molar-refractivity contribution in [2.24, 2.45) is 5.92 Å². The molecule has 1 aromatic carbocycles. The summed E-state index contributed by atoms with van der Waals surface area (Å²) in [4.78, 5) is 78.3. The largest absolute Gasteiger partial charge is 0.443 e. The Labute approximate surface area is 488 Å². The monoisotopic (exact) mass is 1140 g/mol. The van der Waals surface area contributed by atoms with E-state index < -0.39 is 17.7 Å². The van der Waals surface area contributed by atoms with Gasteiger partial charge in [0.25, 0.3) is 0 Å². The van der Waals surface area contributed by atoms with Crippen LogP contribution >= 0.6 is 0 Å². The van der Waals surface area contributed by atoms with Gasteiger partial charge in [-0.15, -0.1) is 0 Å². The number of hydrogen-bond donors (Lipinski definition) is 5. The quantitative estimate of drug-likeness (QED) is 0.0324. The van der Waals surface area contributed by atoms with E-state index in [1.54, 1.807) is 31.5 Å². The molecule has 20 nitrogen and oxygen atoms in total. The van der Waals surface area contributed by atoms with Crippen molar-refractivity contribution in [1.29, 1.82) is 0 Å². The molecule has 6 heterocycles. The van der Waals surface area contributed by atoms with E-state index in [1.807, 2.05) is 87.0 Å². The van der Waals surface area contributed by atoms with Crippen molar-refractivity contribution >= 4 is 64.0 Å². The molecule has 2 fully saturated rings. The van der Waals surface area contributed by atoms with Crippen molar-refractivity contribution in [1.82, 2.24) is 39.0 Å². The van der Waals surface area contributed by atoms with Gasteiger partial charge < -0.3 is 40.7 Å². The summed E-state index contributed by atoms with van der Waals surface area (Å²) < 4.78 is 9.40. The Morgan fingerprint density at radius 3 is 1.87 bits per heavy atom. The second-order valence-corrected chi connectivity index (χ2v) is 23.3. The van der Waals surface area contributed by atoms with E-state index >= 15 is 0 Å². The molecule has 0 radical (unpaired) electrons. The first kappa shape index (κ1) is 62.9. The molecule has 8 rings (SSSR count). The molecule has 2 saturated heterocycles. The summed E-state index contributed by atoms with van der Waals surface area (Å²) in [7, 11) is 0. The van der Waals surface area contributed by atoms with Crippen LogP contribution in [0.1, 0.15) is 148 Å². The van der Waals surface area contributed by atoms with E-state index in [0.717, 1.165) is 58.0 Å². The molecule has 0 saturated carbocycles. The number of likely N-dealkylation sites (tertiary alicyclic amines) is 2. The van der Waals surface area contributed by atoms with Gasteiger partial charge in [-0.05, 0) is 112 Å². The fraction of sp³-hybridized carbons (Fsp3) is 0.508. The molecule has 0 spiro atoms. The highest BCUT2D eigenvalue weighted by Crippen LogP contribution is 2.33. The van der Waals surface area contributed by atoms with Crippen LogP contribution in [0.3, 0.4) is 0 Å². The second kappa shape index (κ2) is 28.5. The molecular formula is C63H86N12O8. The van der Waals surface area contributed by atoms with Crippen LogP contribution in [0.25, 0.3) is 11.3 Å². The smallest absolute Gasteiger partial charge is 0.416 e. The summed E-state index contributed by atoms with van der Waals surface area (Å²) in [5, 5.41) is 38.6. The summed E-state index contributed by atoms with van der Waals surface area (Å²) in [6.45, 7) is 27.2. The Morgan fingerprint density at radius 2 is 1.34 bits per heavy atom. The maximum Gasteiger partial charge on any atom is 0.416 e. The normalized spacial score (nSPS) is 17.4. The molecular weight excluding hydrogens is 1050 g/mol. The van der Waals surface area contributed by atoms with Crippen LogP contribution in [0, 0.1) is 5.92 Å². The van der Waals surface area contributed by atoms with E-state index in [-0.39, 0.29) is 85.4 Å². The van der Waals surface area contributed by atoms with Crippen molar-refractivity contribution in [2.75, 3.05) is 53.7 Å². The third-order valence-electron chi connectivity index (χ3n) is 15.4. The molecule has 3 aliphatic rings. The summed E-state index contributed by atoms with van der Waals surface area (Å²) in [5.74, 6) is 2.65. The average Bonchev–Trinajstić information content (AvgIpc) is 3.96. The minimum absolute atomic E-state index is 0.00366. The van der Waals surface area contributed by atoms with E-state index in [4.69, 9.17) is 14.7 Å². The fourth-order valence-corrected chi connectivity index (χ4v) is 10.5. The van der Waals surface area contributed by atoms with Gasteiger partial charge in [0.15, 0.2) is 22.9 Å². The Morgan fingerprint density at radius 1 is 0.783 bits per heavy atom. The number of nitrogens with one attached hydrogen (secondary N) is 3. The average molecular weight is 1140 g/mol. The number of aliphatic hydroxyl groups excluding tert-OH is 2. The number of carbonyl (C=O) groups excluding carboxylic acids is 5. The number of Topliss-reactive ketones (excluding diaryl/α,β-unsaturated/α-hetero) is 2.